The van der Waals surface area contributed by atoms with Gasteiger partial charge in [-0.05, 0) is 44.9 Å². The van der Waals surface area contributed by atoms with Crippen molar-refractivity contribution in [3.8, 4) is 12.5 Å². The van der Waals surface area contributed by atoms with E-state index in [1.54, 1.807) is 0 Å². The normalized spacial score (nSPS) is 39.2. The van der Waals surface area contributed by atoms with Crippen LogP contribution in [-0.4, -0.2) is 88.2 Å². The van der Waals surface area contributed by atoms with Crippen molar-refractivity contribution in [1.29, 1.82) is 0 Å². The summed E-state index contributed by atoms with van der Waals surface area (Å²) in [5.41, 5.74) is -1.14. The highest BCUT2D eigenvalue weighted by Crippen LogP contribution is 2.62. The van der Waals surface area contributed by atoms with Crippen molar-refractivity contribution in [3.63, 3.8) is 0 Å². The Balaban J connectivity index is 1.23. The van der Waals surface area contributed by atoms with E-state index in [1.807, 2.05) is 0 Å². The molecule has 0 radical (unpaired) electrons. The molecule has 8 atom stereocenters. The molecule has 8 unspecified atom stereocenters. The molecule has 2 spiro atoms. The van der Waals surface area contributed by atoms with Crippen LogP contribution >= 0.6 is 0 Å². The molecule has 0 aromatic heterocycles. The van der Waals surface area contributed by atoms with Gasteiger partial charge in [-0.15, -0.1) is 0 Å². The van der Waals surface area contributed by atoms with E-state index in [1.165, 1.54) is 19.3 Å². The third-order valence-corrected chi connectivity index (χ3v) is 10.2. The van der Waals surface area contributed by atoms with Gasteiger partial charge in [-0.3, -0.25) is 14.4 Å². The van der Waals surface area contributed by atoms with Crippen LogP contribution in [0.5, 0.6) is 0 Å². The average molecular weight is 562 g/mol. The van der Waals surface area contributed by atoms with Crippen LogP contribution in [0.15, 0.2) is 0 Å². The van der Waals surface area contributed by atoms with Gasteiger partial charge in [0.15, 0.2) is 6.17 Å². The van der Waals surface area contributed by atoms with Crippen molar-refractivity contribution < 1.29 is 48.1 Å². The van der Waals surface area contributed by atoms with Gasteiger partial charge in [0.05, 0.1) is 50.2 Å². The molecule has 0 bridgehead atoms. The average Bonchev–Trinajstić information content (AvgIpc) is 3.47. The molecule has 5 rings (SSSR count). The molecule has 2 saturated heterocycles. The van der Waals surface area contributed by atoms with E-state index < -0.39 is 53.4 Å². The van der Waals surface area contributed by atoms with Crippen LogP contribution in [0.1, 0.15) is 77.0 Å². The van der Waals surface area contributed by atoms with E-state index in [4.69, 9.17) is 20.6 Å². The number of hydrogen-bond acceptors (Lipinski definition) is 7. The fraction of sp³-hybridized carbons (Fsp3) is 0.793. The number of quaternary nitrogens is 1. The second kappa shape index (κ2) is 11.7. The minimum absolute atomic E-state index is 0.0944. The number of carbonyl (C=O) groups excluding carboxylic acids is 2. The van der Waals surface area contributed by atoms with Gasteiger partial charge in [0.25, 0.3) is 0 Å². The summed E-state index contributed by atoms with van der Waals surface area (Å²) in [6, 6.07) is 0. The zero-order chi connectivity index (χ0) is 28.5. The van der Waals surface area contributed by atoms with Crippen molar-refractivity contribution in [2.75, 3.05) is 19.8 Å². The maximum absolute atomic E-state index is 13.6. The number of carboxylic acids is 2. The molecule has 3 aliphatic carbocycles. The van der Waals surface area contributed by atoms with E-state index in [-0.39, 0.29) is 41.9 Å². The van der Waals surface area contributed by atoms with Gasteiger partial charge in [-0.1, -0.05) is 25.7 Å². The Hall–Kier alpha value is -2.68. The molecule has 2 aliphatic heterocycles. The van der Waals surface area contributed by atoms with E-state index >= 15 is 0 Å². The molecule has 5 aliphatic rings. The number of carboxylic acid groups (broad SMARTS) is 2. The second-order valence-corrected chi connectivity index (χ2v) is 12.2. The Bertz CT molecular complexity index is 1050. The number of ether oxygens (including phenoxy) is 3. The number of rotatable bonds is 10. The quantitative estimate of drug-likeness (QED) is 0.158. The molecule has 5 fully saturated rings. The smallest absolute Gasteiger partial charge is 0.379 e. The fourth-order valence-corrected chi connectivity index (χ4v) is 8.06. The molecule has 2 amide bonds. The molecule has 3 N–H and O–H groups in total. The number of amides is 2. The van der Waals surface area contributed by atoms with Crippen LogP contribution in [0.25, 0.3) is 0 Å². The Morgan fingerprint density at radius 1 is 0.900 bits per heavy atom. The predicted octanol–water partition coefficient (Wildman–Crippen LogP) is 2.02. The lowest BCUT2D eigenvalue weighted by molar-refractivity contribution is -0.874. The van der Waals surface area contributed by atoms with E-state index in [0.717, 1.165) is 12.8 Å². The summed E-state index contributed by atoms with van der Waals surface area (Å²) >= 11 is 0. The lowest BCUT2D eigenvalue weighted by Crippen LogP contribution is -2.66. The van der Waals surface area contributed by atoms with Crippen LogP contribution in [-0.2, 0) is 33.4 Å². The summed E-state index contributed by atoms with van der Waals surface area (Å²) in [6.45, 7) is 1.31. The molecule has 40 heavy (non-hydrogen) atoms. The third kappa shape index (κ3) is 4.99. The Labute approximate surface area is 234 Å². The summed E-state index contributed by atoms with van der Waals surface area (Å²) < 4.78 is 17.2. The van der Waals surface area contributed by atoms with Crippen molar-refractivity contribution in [3.05, 3.63) is 0 Å². The zero-order valence-corrected chi connectivity index (χ0v) is 22.9. The SMILES string of the molecule is C#COC1CCC(C(=O)O)C(C(=O)NC2CC[N+]23C(=O)C32CC(OCCOC3CCCCC3)CCC2C(=O)O)C1. The molecule has 2 heterocycles. The van der Waals surface area contributed by atoms with E-state index in [9.17, 15) is 29.4 Å². The minimum Gasteiger partial charge on any atom is -0.481 e. The number of fused-ring (bicyclic) bond motifs is 1. The molecule has 220 valence electrons. The van der Waals surface area contributed by atoms with Crippen LogP contribution in [0.3, 0.4) is 0 Å². The minimum atomic E-state index is -1.14. The molecular weight excluding hydrogens is 520 g/mol. The van der Waals surface area contributed by atoms with Crippen molar-refractivity contribution in [2.24, 2.45) is 17.8 Å². The predicted molar refractivity (Wildman–Crippen MR) is 139 cm³/mol. The number of nitrogens with one attached hydrogen (secondary N) is 1. The maximum Gasteiger partial charge on any atom is 0.379 e. The highest BCUT2D eigenvalue weighted by atomic mass is 16.5. The Morgan fingerprint density at radius 2 is 1.60 bits per heavy atom. The summed E-state index contributed by atoms with van der Waals surface area (Å²) in [5.74, 6) is -5.26. The standard InChI is InChI=1S/C29H40N2O9/c1-2-38-19-8-10-21(26(33)34)22(16-19)25(32)30-24-12-13-31(24)28(37)29(31)17-20(9-11-23(29)27(35)36)40-15-14-39-18-6-4-3-5-7-18/h1,18-24H,3-17H2,(H2-,30,32,33,34,35,36)/p+1. The number of hydrogen-bond donors (Lipinski definition) is 3. The van der Waals surface area contributed by atoms with Crippen molar-refractivity contribution in [1.82, 2.24) is 5.32 Å². The first-order chi connectivity index (χ1) is 19.2. The summed E-state index contributed by atoms with van der Waals surface area (Å²) in [6.07, 6.45) is 14.7. The number of terminal acetylenes is 1. The lowest BCUT2D eigenvalue weighted by atomic mass is 9.75. The topological polar surface area (TPSA) is 148 Å². The number of carbonyl (C=O) groups is 4. The molecule has 11 nitrogen and oxygen atoms in total. The lowest BCUT2D eigenvalue weighted by Gasteiger charge is -2.44. The zero-order valence-electron chi connectivity index (χ0n) is 22.9. The van der Waals surface area contributed by atoms with E-state index in [0.29, 0.717) is 45.4 Å². The summed E-state index contributed by atoms with van der Waals surface area (Å²) in [4.78, 5) is 51.2. The highest BCUT2D eigenvalue weighted by Gasteiger charge is 2.91. The number of nitrogens with zero attached hydrogens (tertiary/aromatic N) is 1. The van der Waals surface area contributed by atoms with Gasteiger partial charge in [0.1, 0.15) is 18.1 Å². The van der Waals surface area contributed by atoms with Gasteiger partial charge >= 0.3 is 17.8 Å². The molecule has 0 aromatic rings. The largest absolute Gasteiger partial charge is 0.481 e. The van der Waals surface area contributed by atoms with Gasteiger partial charge in [-0.2, -0.15) is 0 Å². The molecule has 0 aromatic carbocycles. The first kappa shape index (κ1) is 28.8. The van der Waals surface area contributed by atoms with Crippen LogP contribution < -0.4 is 5.32 Å². The first-order valence-corrected chi connectivity index (χ1v) is 14.8. The Kier molecular flexibility index (Phi) is 8.41. The van der Waals surface area contributed by atoms with E-state index in [2.05, 4.69) is 11.4 Å². The molecule has 3 saturated carbocycles. The van der Waals surface area contributed by atoms with Crippen LogP contribution in [0, 0.1) is 30.3 Å². The van der Waals surface area contributed by atoms with Gasteiger partial charge < -0.3 is 29.7 Å². The van der Waals surface area contributed by atoms with Crippen molar-refractivity contribution >= 4 is 23.8 Å². The van der Waals surface area contributed by atoms with Gasteiger partial charge in [0.2, 0.25) is 11.4 Å². The Morgan fingerprint density at radius 3 is 2.23 bits per heavy atom. The first-order valence-electron chi connectivity index (χ1n) is 14.8. The van der Waals surface area contributed by atoms with Crippen LogP contribution in [0.4, 0.5) is 0 Å². The fourth-order valence-electron chi connectivity index (χ4n) is 8.06. The highest BCUT2D eigenvalue weighted by molar-refractivity contribution is 5.98. The van der Waals surface area contributed by atoms with Crippen LogP contribution in [0.2, 0.25) is 0 Å². The second-order valence-electron chi connectivity index (χ2n) is 12.2. The molecular formula is C29H41N2O9+. The number of aliphatic carboxylic acids is 2. The summed E-state index contributed by atoms with van der Waals surface area (Å²) in [5, 5.41) is 22.7. The third-order valence-electron chi connectivity index (χ3n) is 10.2. The van der Waals surface area contributed by atoms with Gasteiger partial charge in [-0.25, -0.2) is 9.28 Å². The molecule has 11 heteroatoms. The van der Waals surface area contributed by atoms with Gasteiger partial charge in [0, 0.05) is 6.42 Å². The van der Waals surface area contributed by atoms with Crippen molar-refractivity contribution in [2.45, 2.75) is 107 Å². The summed E-state index contributed by atoms with van der Waals surface area (Å²) in [7, 11) is 0. The monoisotopic (exact) mass is 561 g/mol. The maximum atomic E-state index is 13.6.